The maximum atomic E-state index is 4.97. The minimum atomic E-state index is 1.00. The average Bonchev–Trinajstić information content (AvgIpc) is 1.86. The maximum Gasteiger partial charge on any atom is 0.133 e. The molecule has 3 N–H and O–H groups in total. The van der Waals surface area contributed by atoms with E-state index in [4.69, 9.17) is 5.84 Å². The molecule has 4 heteroatoms. The van der Waals surface area contributed by atoms with Gasteiger partial charge in [0.15, 0.2) is 0 Å². The van der Waals surface area contributed by atoms with Gasteiger partial charge in [0.25, 0.3) is 0 Å². The van der Waals surface area contributed by atoms with Crippen molar-refractivity contribution in [1.29, 1.82) is 0 Å². The summed E-state index contributed by atoms with van der Waals surface area (Å²) in [5, 5.41) is 1.00. The van der Waals surface area contributed by atoms with E-state index in [0.717, 1.165) is 5.28 Å². The highest BCUT2D eigenvalue weighted by Crippen LogP contribution is 1.83. The molecule has 0 spiro atoms. The van der Waals surface area contributed by atoms with Crippen molar-refractivity contribution < 1.29 is 4.84 Å². The molecule has 0 aromatic heterocycles. The van der Waals surface area contributed by atoms with Gasteiger partial charge in [-0.25, -0.2) is 5.84 Å². The van der Waals surface area contributed by atoms with Crippen LogP contribution in [0.3, 0.4) is 0 Å². The van der Waals surface area contributed by atoms with Gasteiger partial charge >= 0.3 is 0 Å². The van der Waals surface area contributed by atoms with Gasteiger partial charge in [0.05, 0.1) is 6.20 Å². The Balaban J connectivity index is 2.32. The standard InChI is InChI=1S/C2H5N3O/c3-5-4-1-2-6-5/h1-2,4H,3H2. The summed E-state index contributed by atoms with van der Waals surface area (Å²) < 4.78 is 0. The Labute approximate surface area is 35.1 Å². The molecule has 34 valence electrons. The first-order valence-corrected chi connectivity index (χ1v) is 1.52. The van der Waals surface area contributed by atoms with Gasteiger partial charge in [0.2, 0.25) is 0 Å². The van der Waals surface area contributed by atoms with E-state index in [1.54, 1.807) is 6.20 Å². The van der Waals surface area contributed by atoms with E-state index in [0.29, 0.717) is 0 Å². The molecule has 0 bridgehead atoms. The van der Waals surface area contributed by atoms with Crippen LogP contribution in [0, 0.1) is 0 Å². The first-order valence-electron chi connectivity index (χ1n) is 1.52. The van der Waals surface area contributed by atoms with E-state index in [9.17, 15) is 0 Å². The maximum absolute atomic E-state index is 4.97. The van der Waals surface area contributed by atoms with Crippen molar-refractivity contribution in [2.75, 3.05) is 0 Å². The molecule has 0 fully saturated rings. The summed E-state index contributed by atoms with van der Waals surface area (Å²) in [6.45, 7) is 0. The molecule has 0 amide bonds. The summed E-state index contributed by atoms with van der Waals surface area (Å²) in [7, 11) is 0. The zero-order valence-electron chi connectivity index (χ0n) is 3.09. The van der Waals surface area contributed by atoms with Crippen LogP contribution in [0.2, 0.25) is 0 Å². The lowest BCUT2D eigenvalue weighted by atomic mass is 11.0. The lowest BCUT2D eigenvalue weighted by molar-refractivity contribution is -0.115. The SMILES string of the molecule is NN1NC=CO1. The van der Waals surface area contributed by atoms with Gasteiger partial charge in [-0.15, -0.1) is 0 Å². The van der Waals surface area contributed by atoms with Gasteiger partial charge in [-0.3, -0.25) is 5.43 Å². The quantitative estimate of drug-likeness (QED) is 0.375. The molecule has 1 aliphatic heterocycles. The third kappa shape index (κ3) is 0.425. The van der Waals surface area contributed by atoms with Crippen LogP contribution < -0.4 is 11.3 Å². The molecule has 0 atom stereocenters. The Hall–Kier alpha value is -0.740. The fourth-order valence-electron chi connectivity index (χ4n) is 0.230. The molecule has 0 aliphatic carbocycles. The van der Waals surface area contributed by atoms with Crippen molar-refractivity contribution in [3.8, 4) is 0 Å². The van der Waals surface area contributed by atoms with Crippen molar-refractivity contribution in [3.63, 3.8) is 0 Å². The Kier molecular flexibility index (Phi) is 0.664. The van der Waals surface area contributed by atoms with Crippen LogP contribution in [0.1, 0.15) is 0 Å². The number of hydrogen-bond donors (Lipinski definition) is 2. The average molecular weight is 87.1 g/mol. The fraction of sp³-hybridized carbons (Fsp3) is 0. The summed E-state index contributed by atoms with van der Waals surface area (Å²) in [6.07, 6.45) is 3.03. The topological polar surface area (TPSA) is 50.5 Å². The predicted molar refractivity (Wildman–Crippen MR) is 19.4 cm³/mol. The molecule has 1 rings (SSSR count). The lowest BCUT2D eigenvalue weighted by Crippen LogP contribution is -2.34. The Bertz CT molecular complexity index is 63.2. The van der Waals surface area contributed by atoms with Crippen molar-refractivity contribution >= 4 is 0 Å². The van der Waals surface area contributed by atoms with Gasteiger partial charge in [0, 0.05) is 5.28 Å². The first-order chi connectivity index (χ1) is 2.89. The van der Waals surface area contributed by atoms with Crippen molar-refractivity contribution in [1.82, 2.24) is 10.7 Å². The third-order valence-electron chi connectivity index (χ3n) is 0.444. The van der Waals surface area contributed by atoms with Crippen LogP contribution in [0.4, 0.5) is 0 Å². The van der Waals surface area contributed by atoms with Gasteiger partial charge in [-0.05, 0) is 0 Å². The second-order valence-electron chi connectivity index (χ2n) is 0.863. The second-order valence-corrected chi connectivity index (χ2v) is 0.863. The zero-order chi connectivity index (χ0) is 4.41. The highest BCUT2D eigenvalue weighted by Gasteiger charge is 1.94. The van der Waals surface area contributed by atoms with Gasteiger partial charge in [-0.2, -0.15) is 0 Å². The summed E-state index contributed by atoms with van der Waals surface area (Å²) >= 11 is 0. The van der Waals surface area contributed by atoms with E-state index in [1.807, 2.05) is 0 Å². The summed E-state index contributed by atoms with van der Waals surface area (Å²) in [5.41, 5.74) is 2.53. The van der Waals surface area contributed by atoms with Crippen molar-refractivity contribution in [2.24, 2.45) is 5.84 Å². The number of nitrogens with zero attached hydrogens (tertiary/aromatic N) is 1. The summed E-state index contributed by atoms with van der Waals surface area (Å²) in [5.74, 6) is 4.97. The number of nitrogens with two attached hydrogens (primary N) is 1. The Morgan fingerprint density at radius 1 is 1.83 bits per heavy atom. The smallest absolute Gasteiger partial charge is 0.133 e. The number of nitrogens with one attached hydrogen (secondary N) is 1. The van der Waals surface area contributed by atoms with E-state index in [1.165, 1.54) is 6.26 Å². The highest BCUT2D eigenvalue weighted by molar-refractivity contribution is 4.69. The molecular formula is C2H5N3O. The van der Waals surface area contributed by atoms with Gasteiger partial charge in [-0.1, -0.05) is 0 Å². The van der Waals surface area contributed by atoms with E-state index < -0.39 is 0 Å². The molecule has 4 nitrogen and oxygen atoms in total. The van der Waals surface area contributed by atoms with Gasteiger partial charge < -0.3 is 4.84 Å². The lowest BCUT2D eigenvalue weighted by Gasteiger charge is -2.02. The third-order valence-corrected chi connectivity index (χ3v) is 0.444. The Morgan fingerprint density at radius 2 is 2.67 bits per heavy atom. The Morgan fingerprint density at radius 3 is 2.83 bits per heavy atom. The number of hydrazine groups is 2. The predicted octanol–water partition coefficient (Wildman–Crippen LogP) is -0.917. The minimum absolute atomic E-state index is 1.00. The molecule has 6 heavy (non-hydrogen) atoms. The normalized spacial score (nSPS) is 20.2. The van der Waals surface area contributed by atoms with Crippen molar-refractivity contribution in [3.05, 3.63) is 12.5 Å². The molecule has 0 radical (unpaired) electrons. The molecule has 0 unspecified atom stereocenters. The monoisotopic (exact) mass is 87.0 g/mol. The first kappa shape index (κ1) is 3.45. The number of rotatable bonds is 0. The molecule has 1 heterocycles. The van der Waals surface area contributed by atoms with Crippen LogP contribution in [-0.2, 0) is 4.84 Å². The summed E-state index contributed by atoms with van der Waals surface area (Å²) in [4.78, 5) is 4.47. The van der Waals surface area contributed by atoms with Crippen LogP contribution in [0.25, 0.3) is 0 Å². The highest BCUT2D eigenvalue weighted by atomic mass is 16.7. The molecular weight excluding hydrogens is 82.0 g/mol. The van der Waals surface area contributed by atoms with Crippen molar-refractivity contribution in [2.45, 2.75) is 0 Å². The van der Waals surface area contributed by atoms with E-state index >= 15 is 0 Å². The second kappa shape index (κ2) is 1.16. The largest absolute Gasteiger partial charge is 0.378 e. The zero-order valence-corrected chi connectivity index (χ0v) is 3.09. The van der Waals surface area contributed by atoms with Gasteiger partial charge in [0.1, 0.15) is 6.26 Å². The molecule has 0 saturated heterocycles. The molecule has 0 aromatic carbocycles. The minimum Gasteiger partial charge on any atom is -0.378 e. The van der Waals surface area contributed by atoms with Crippen LogP contribution in [-0.4, -0.2) is 5.28 Å². The van der Waals surface area contributed by atoms with E-state index in [-0.39, 0.29) is 0 Å². The fourth-order valence-corrected chi connectivity index (χ4v) is 0.230. The van der Waals surface area contributed by atoms with Crippen LogP contribution in [0.15, 0.2) is 12.5 Å². The molecule has 0 saturated carbocycles. The van der Waals surface area contributed by atoms with Crippen LogP contribution in [0.5, 0.6) is 0 Å². The molecule has 1 aliphatic rings. The number of hydrogen-bond acceptors (Lipinski definition) is 4. The van der Waals surface area contributed by atoms with E-state index in [2.05, 4.69) is 10.3 Å². The van der Waals surface area contributed by atoms with Crippen LogP contribution >= 0.6 is 0 Å². The molecule has 0 aromatic rings. The summed E-state index contributed by atoms with van der Waals surface area (Å²) in [6, 6.07) is 0.